The molecule has 1 saturated heterocycles. The molecule has 5 rings (SSSR count). The summed E-state index contributed by atoms with van der Waals surface area (Å²) in [4.78, 5) is 28.4. The van der Waals surface area contributed by atoms with Crippen molar-refractivity contribution in [2.24, 2.45) is 5.92 Å². The Balaban J connectivity index is 1.39. The Labute approximate surface area is 279 Å². The zero-order valence-corrected chi connectivity index (χ0v) is 28.5. The van der Waals surface area contributed by atoms with Crippen LogP contribution in [0.5, 0.6) is 0 Å². The molecule has 7 heteroatoms. The maximum Gasteiger partial charge on any atom is 0.416 e. The van der Waals surface area contributed by atoms with Gasteiger partial charge in [0.2, 0.25) is 5.91 Å². The van der Waals surface area contributed by atoms with Crippen molar-refractivity contribution in [3.63, 3.8) is 0 Å². The van der Waals surface area contributed by atoms with Gasteiger partial charge in [-0.1, -0.05) is 154 Å². The fourth-order valence-corrected chi connectivity index (χ4v) is 11.2. The topological polar surface area (TPSA) is 76.1 Å². The number of rotatable bonds is 13. The maximum absolute atomic E-state index is 14.2. The Morgan fingerprint density at radius 1 is 0.894 bits per heavy atom. The summed E-state index contributed by atoms with van der Waals surface area (Å²) < 4.78 is 12.5. The molecule has 3 atom stereocenters. The van der Waals surface area contributed by atoms with Crippen molar-refractivity contribution >= 4 is 36.8 Å². The number of hydrogen-bond acceptors (Lipinski definition) is 5. The quantitative estimate of drug-likeness (QED) is 0.130. The molecule has 1 aliphatic heterocycles. The smallest absolute Gasteiger partial charge is 0.416 e. The standard InChI is InChI=1S/C40H45NO5Si/c1-40(2,3)47(34-21-12-6-13-22-34,35-23-14-7-15-24-35)46-28-16-25-36(37(42)27-26-31-17-8-4-9-18-31)38(43)41-33(30-45-39(41)44)29-32-19-10-5-11-20-32/h4-15,17-24,26-27,33,36-37,42H,16,25,28-30H2,1-3H3/t33-,36-,37+/m1/s1. The normalized spacial score (nSPS) is 16.6. The van der Waals surface area contributed by atoms with E-state index in [1.165, 1.54) is 15.3 Å². The van der Waals surface area contributed by atoms with Gasteiger partial charge < -0.3 is 14.3 Å². The molecule has 6 nitrogen and oxygen atoms in total. The third kappa shape index (κ3) is 7.99. The van der Waals surface area contributed by atoms with E-state index in [4.69, 9.17) is 9.16 Å². The molecule has 1 aliphatic rings. The third-order valence-electron chi connectivity index (χ3n) is 8.92. The van der Waals surface area contributed by atoms with Gasteiger partial charge in [-0.15, -0.1) is 0 Å². The first-order chi connectivity index (χ1) is 22.7. The minimum Gasteiger partial charge on any atom is -0.447 e. The van der Waals surface area contributed by atoms with Gasteiger partial charge in [-0.3, -0.25) is 4.79 Å². The van der Waals surface area contributed by atoms with Gasteiger partial charge in [0.1, 0.15) is 6.61 Å². The van der Waals surface area contributed by atoms with Crippen LogP contribution in [0.25, 0.3) is 6.08 Å². The molecule has 0 aromatic heterocycles. The molecule has 2 amide bonds. The van der Waals surface area contributed by atoms with Gasteiger partial charge in [-0.05, 0) is 45.8 Å². The Morgan fingerprint density at radius 3 is 1.98 bits per heavy atom. The van der Waals surface area contributed by atoms with Crippen LogP contribution in [0.15, 0.2) is 127 Å². The molecule has 1 heterocycles. The monoisotopic (exact) mass is 647 g/mol. The van der Waals surface area contributed by atoms with Crippen molar-refractivity contribution in [1.82, 2.24) is 4.90 Å². The third-order valence-corrected chi connectivity index (χ3v) is 14.0. The number of imide groups is 1. The van der Waals surface area contributed by atoms with E-state index < -0.39 is 38.4 Å². The summed E-state index contributed by atoms with van der Waals surface area (Å²) in [7, 11) is -2.77. The lowest BCUT2D eigenvalue weighted by Crippen LogP contribution is -2.66. The molecular weight excluding hydrogens is 603 g/mol. The number of aliphatic hydroxyl groups is 1. The van der Waals surface area contributed by atoms with E-state index in [0.717, 1.165) is 11.1 Å². The first-order valence-corrected chi connectivity index (χ1v) is 18.3. The van der Waals surface area contributed by atoms with Crippen molar-refractivity contribution in [2.75, 3.05) is 13.2 Å². The summed E-state index contributed by atoms with van der Waals surface area (Å²) >= 11 is 0. The van der Waals surface area contributed by atoms with Crippen LogP contribution in [0, 0.1) is 5.92 Å². The van der Waals surface area contributed by atoms with Crippen molar-refractivity contribution < 1.29 is 23.9 Å². The number of ether oxygens (including phenoxy) is 1. The molecule has 0 aliphatic carbocycles. The number of cyclic esters (lactones) is 1. The molecule has 4 aromatic carbocycles. The fraction of sp³-hybridized carbons (Fsp3) is 0.300. The van der Waals surface area contributed by atoms with Crippen molar-refractivity contribution in [3.05, 3.63) is 139 Å². The molecule has 0 spiro atoms. The molecule has 0 unspecified atom stereocenters. The van der Waals surface area contributed by atoms with Crippen LogP contribution in [-0.2, 0) is 20.4 Å². The average Bonchev–Trinajstić information content (AvgIpc) is 3.45. The SMILES string of the molecule is CC(C)(C)[Si](OCCC[C@@H](C(=O)N1C(=O)OC[C@H]1Cc1ccccc1)[C@@H](O)C=Cc1ccccc1)(c1ccccc1)c1ccccc1. The summed E-state index contributed by atoms with van der Waals surface area (Å²) in [6.45, 7) is 7.21. The van der Waals surface area contributed by atoms with E-state index in [1.807, 2.05) is 78.9 Å². The second-order valence-corrected chi connectivity index (χ2v) is 17.5. The first kappa shape index (κ1) is 34.0. The number of hydrogen-bond donors (Lipinski definition) is 1. The van der Waals surface area contributed by atoms with E-state index in [-0.39, 0.29) is 11.6 Å². The number of amides is 2. The molecular formula is C40H45NO5Si. The van der Waals surface area contributed by atoms with Crippen LogP contribution in [0.1, 0.15) is 44.7 Å². The lowest BCUT2D eigenvalue weighted by molar-refractivity contribution is -0.136. The largest absolute Gasteiger partial charge is 0.447 e. The summed E-state index contributed by atoms with van der Waals surface area (Å²) in [5, 5.41) is 13.7. The molecule has 47 heavy (non-hydrogen) atoms. The van der Waals surface area contributed by atoms with Gasteiger partial charge in [-0.25, -0.2) is 9.69 Å². The summed E-state index contributed by atoms with van der Waals surface area (Å²) in [6.07, 6.45) is 3.02. The van der Waals surface area contributed by atoms with Gasteiger partial charge in [0.15, 0.2) is 0 Å². The number of carbonyl (C=O) groups excluding carboxylic acids is 2. The van der Waals surface area contributed by atoms with Crippen LogP contribution in [0.2, 0.25) is 5.04 Å². The van der Waals surface area contributed by atoms with Gasteiger partial charge in [0, 0.05) is 6.61 Å². The number of benzene rings is 4. The van der Waals surface area contributed by atoms with Crippen molar-refractivity contribution in [2.45, 2.75) is 57.2 Å². The predicted octanol–water partition coefficient (Wildman–Crippen LogP) is 6.62. The van der Waals surface area contributed by atoms with Gasteiger partial charge >= 0.3 is 6.09 Å². The fourth-order valence-electron chi connectivity index (χ4n) is 6.58. The molecule has 1 N–H and O–H groups in total. The lowest BCUT2D eigenvalue weighted by atomic mass is 9.93. The highest BCUT2D eigenvalue weighted by Crippen LogP contribution is 2.37. The second-order valence-electron chi connectivity index (χ2n) is 13.1. The molecule has 4 aromatic rings. The molecule has 0 bridgehead atoms. The van der Waals surface area contributed by atoms with E-state index in [1.54, 1.807) is 6.08 Å². The summed E-state index contributed by atoms with van der Waals surface area (Å²) in [5.74, 6) is -1.29. The van der Waals surface area contributed by atoms with Crippen LogP contribution in [0.4, 0.5) is 4.79 Å². The van der Waals surface area contributed by atoms with Crippen molar-refractivity contribution in [1.29, 1.82) is 0 Å². The van der Waals surface area contributed by atoms with Crippen molar-refractivity contribution in [3.8, 4) is 0 Å². The molecule has 244 valence electrons. The van der Waals surface area contributed by atoms with Crippen LogP contribution in [-0.4, -0.2) is 55.7 Å². The predicted molar refractivity (Wildman–Crippen MR) is 190 cm³/mol. The average molecular weight is 648 g/mol. The number of carbonyl (C=O) groups is 2. The lowest BCUT2D eigenvalue weighted by Gasteiger charge is -2.43. The highest BCUT2D eigenvalue weighted by molar-refractivity contribution is 6.99. The molecule has 0 saturated carbocycles. The van der Waals surface area contributed by atoms with Gasteiger partial charge in [-0.2, -0.15) is 0 Å². The number of nitrogens with zero attached hydrogens (tertiary/aromatic N) is 1. The number of aliphatic hydroxyl groups excluding tert-OH is 1. The van der Waals surface area contributed by atoms with E-state index >= 15 is 0 Å². The van der Waals surface area contributed by atoms with Crippen LogP contribution < -0.4 is 10.4 Å². The Hall–Kier alpha value is -4.30. The Kier molecular flexibility index (Phi) is 11.2. The van der Waals surface area contributed by atoms with Crippen LogP contribution >= 0.6 is 0 Å². The highest BCUT2D eigenvalue weighted by Gasteiger charge is 2.50. The van der Waals surface area contributed by atoms with Gasteiger partial charge in [0.05, 0.1) is 18.1 Å². The molecule has 1 fully saturated rings. The zero-order chi connectivity index (χ0) is 33.3. The first-order valence-electron chi connectivity index (χ1n) is 16.4. The summed E-state index contributed by atoms with van der Waals surface area (Å²) in [5.41, 5.74) is 1.92. The maximum atomic E-state index is 14.2. The van der Waals surface area contributed by atoms with E-state index in [2.05, 4.69) is 69.3 Å². The van der Waals surface area contributed by atoms with E-state index in [0.29, 0.717) is 25.9 Å². The second kappa shape index (κ2) is 15.5. The molecule has 0 radical (unpaired) electrons. The Bertz CT molecular complexity index is 1570. The minimum absolute atomic E-state index is 0.124. The van der Waals surface area contributed by atoms with E-state index in [9.17, 15) is 14.7 Å². The summed E-state index contributed by atoms with van der Waals surface area (Å²) in [6, 6.07) is 39.8. The van der Waals surface area contributed by atoms with Crippen LogP contribution in [0.3, 0.4) is 0 Å². The minimum atomic E-state index is -2.77. The Morgan fingerprint density at radius 2 is 1.43 bits per heavy atom. The highest BCUT2D eigenvalue weighted by atomic mass is 28.4. The van der Waals surface area contributed by atoms with Gasteiger partial charge in [0.25, 0.3) is 8.32 Å². The zero-order valence-electron chi connectivity index (χ0n) is 27.5.